The van der Waals surface area contributed by atoms with Gasteiger partial charge in [-0.15, -0.1) is 0 Å². The molecule has 0 atom stereocenters. The Bertz CT molecular complexity index is 816. The van der Waals surface area contributed by atoms with Crippen molar-refractivity contribution in [3.63, 3.8) is 0 Å². The Kier molecular flexibility index (Phi) is 5.84. The zero-order chi connectivity index (χ0) is 21.4. The molecule has 8 heteroatoms. The number of carbonyl (C=O) groups is 1. The number of ether oxygens (including phenoxy) is 2. The minimum atomic E-state index is -0.622. The lowest BCUT2D eigenvalue weighted by molar-refractivity contribution is -0.128. The second kappa shape index (κ2) is 8.26. The Hall–Kier alpha value is -2.01. The van der Waals surface area contributed by atoms with Crippen LogP contribution in [-0.2, 0) is 4.79 Å². The van der Waals surface area contributed by atoms with Crippen LogP contribution in [0.5, 0.6) is 11.8 Å². The predicted molar refractivity (Wildman–Crippen MR) is 113 cm³/mol. The summed E-state index contributed by atoms with van der Waals surface area (Å²) >= 11 is 1.37. The highest BCUT2D eigenvalue weighted by molar-refractivity contribution is 7.98. The van der Waals surface area contributed by atoms with E-state index in [9.17, 15) is 4.79 Å². The second-order valence-electron chi connectivity index (χ2n) is 9.85. The van der Waals surface area contributed by atoms with Gasteiger partial charge in [-0.05, 0) is 76.4 Å². The SMILES string of the molecule is CSc1nc(OCC(=O)NC23CC4CC(CC(C4)C2)C3)cc(OCC(C)(C)C#N)n1. The molecule has 4 saturated carbocycles. The van der Waals surface area contributed by atoms with Crippen LogP contribution in [0.1, 0.15) is 52.4 Å². The molecule has 0 spiro atoms. The van der Waals surface area contributed by atoms with Gasteiger partial charge in [0.2, 0.25) is 11.8 Å². The smallest absolute Gasteiger partial charge is 0.258 e. The molecule has 0 aliphatic heterocycles. The van der Waals surface area contributed by atoms with Crippen molar-refractivity contribution in [3.05, 3.63) is 6.07 Å². The molecule has 1 aromatic rings. The fraction of sp³-hybridized carbons (Fsp3) is 0.727. The average Bonchev–Trinajstić information content (AvgIpc) is 2.69. The van der Waals surface area contributed by atoms with E-state index in [2.05, 4.69) is 21.4 Å². The molecule has 1 amide bonds. The van der Waals surface area contributed by atoms with E-state index in [0.29, 0.717) is 16.9 Å². The fourth-order valence-corrected chi connectivity index (χ4v) is 6.01. The van der Waals surface area contributed by atoms with Gasteiger partial charge in [0.15, 0.2) is 11.8 Å². The van der Waals surface area contributed by atoms with Gasteiger partial charge in [0.05, 0.1) is 17.6 Å². The molecule has 7 nitrogen and oxygen atoms in total. The molecule has 162 valence electrons. The second-order valence-corrected chi connectivity index (χ2v) is 10.6. The van der Waals surface area contributed by atoms with E-state index in [-0.39, 0.29) is 24.7 Å². The summed E-state index contributed by atoms with van der Waals surface area (Å²) in [5.74, 6) is 2.89. The summed E-state index contributed by atoms with van der Waals surface area (Å²) < 4.78 is 11.4. The predicted octanol–water partition coefficient (Wildman–Crippen LogP) is 3.59. The van der Waals surface area contributed by atoms with Crippen LogP contribution >= 0.6 is 11.8 Å². The highest BCUT2D eigenvalue weighted by atomic mass is 32.2. The van der Waals surface area contributed by atoms with Crippen molar-refractivity contribution in [2.45, 2.75) is 63.1 Å². The molecular formula is C22H30N4O3S. The Morgan fingerprint density at radius 1 is 1.20 bits per heavy atom. The lowest BCUT2D eigenvalue weighted by Gasteiger charge is -2.56. The molecule has 0 saturated heterocycles. The number of carbonyl (C=O) groups excluding carboxylic acids is 1. The molecule has 1 aromatic heterocycles. The van der Waals surface area contributed by atoms with Crippen molar-refractivity contribution < 1.29 is 14.3 Å². The van der Waals surface area contributed by atoms with Gasteiger partial charge in [0, 0.05) is 5.54 Å². The molecular weight excluding hydrogens is 400 g/mol. The van der Waals surface area contributed by atoms with Crippen molar-refractivity contribution in [2.75, 3.05) is 19.5 Å². The molecule has 1 heterocycles. The van der Waals surface area contributed by atoms with Crippen molar-refractivity contribution in [1.82, 2.24) is 15.3 Å². The standard InChI is InChI=1S/C22H30N4O3S/c1-21(2,12-23)13-29-19-7-18(24-20(25-19)30-3)28-11-17(27)26-22-8-14-4-15(9-22)6-16(5-14)10-22/h7,14-16H,4-6,8-11,13H2,1-3H3,(H,26,27). The van der Waals surface area contributed by atoms with Gasteiger partial charge in [-0.3, -0.25) is 4.79 Å². The molecule has 0 radical (unpaired) electrons. The first kappa shape index (κ1) is 21.2. The van der Waals surface area contributed by atoms with E-state index < -0.39 is 5.41 Å². The molecule has 4 fully saturated rings. The zero-order valence-corrected chi connectivity index (χ0v) is 18.8. The van der Waals surface area contributed by atoms with Gasteiger partial charge in [-0.25, -0.2) is 0 Å². The summed E-state index contributed by atoms with van der Waals surface area (Å²) in [5, 5.41) is 13.0. The largest absolute Gasteiger partial charge is 0.476 e. The quantitative estimate of drug-likeness (QED) is 0.497. The topological polar surface area (TPSA) is 97.1 Å². The molecule has 4 aliphatic carbocycles. The van der Waals surface area contributed by atoms with Gasteiger partial charge in [0.1, 0.15) is 6.61 Å². The number of aromatic nitrogens is 2. The van der Waals surface area contributed by atoms with Crippen molar-refractivity contribution in [3.8, 4) is 17.8 Å². The van der Waals surface area contributed by atoms with Crippen LogP contribution < -0.4 is 14.8 Å². The molecule has 4 bridgehead atoms. The normalized spacial score (nSPS) is 29.3. The van der Waals surface area contributed by atoms with Gasteiger partial charge in [0.25, 0.3) is 5.91 Å². The molecule has 30 heavy (non-hydrogen) atoms. The number of rotatable bonds is 8. The van der Waals surface area contributed by atoms with Crippen LogP contribution in [-0.4, -0.2) is 40.9 Å². The number of hydrogen-bond donors (Lipinski definition) is 1. The number of nitrogens with zero attached hydrogens (tertiary/aromatic N) is 3. The third-order valence-electron chi connectivity index (χ3n) is 6.52. The minimum absolute atomic E-state index is 0.0254. The number of amides is 1. The van der Waals surface area contributed by atoms with Crippen LogP contribution in [0.15, 0.2) is 11.2 Å². The number of thioether (sulfide) groups is 1. The van der Waals surface area contributed by atoms with Crippen molar-refractivity contribution in [1.29, 1.82) is 5.26 Å². The summed E-state index contributed by atoms with van der Waals surface area (Å²) in [5.41, 5.74) is -0.647. The highest BCUT2D eigenvalue weighted by Gasteiger charge is 2.51. The summed E-state index contributed by atoms with van der Waals surface area (Å²) in [6, 6.07) is 3.77. The lowest BCUT2D eigenvalue weighted by Crippen LogP contribution is -2.60. The van der Waals surface area contributed by atoms with Crippen LogP contribution in [0.3, 0.4) is 0 Å². The number of hydrogen-bond acceptors (Lipinski definition) is 7. The van der Waals surface area contributed by atoms with Gasteiger partial charge < -0.3 is 14.8 Å². The fourth-order valence-electron chi connectivity index (χ4n) is 5.64. The minimum Gasteiger partial charge on any atom is -0.476 e. The zero-order valence-electron chi connectivity index (χ0n) is 17.9. The van der Waals surface area contributed by atoms with Crippen LogP contribution in [0.4, 0.5) is 0 Å². The molecule has 5 rings (SSSR count). The van der Waals surface area contributed by atoms with E-state index in [0.717, 1.165) is 37.0 Å². The molecule has 0 unspecified atom stereocenters. The average molecular weight is 431 g/mol. The van der Waals surface area contributed by atoms with Gasteiger partial charge in [-0.1, -0.05) is 11.8 Å². The maximum absolute atomic E-state index is 12.7. The number of nitriles is 1. The first-order valence-electron chi connectivity index (χ1n) is 10.7. The lowest BCUT2D eigenvalue weighted by atomic mass is 9.53. The third-order valence-corrected chi connectivity index (χ3v) is 7.07. The Morgan fingerprint density at radius 2 is 1.77 bits per heavy atom. The van der Waals surface area contributed by atoms with Crippen molar-refractivity contribution >= 4 is 17.7 Å². The van der Waals surface area contributed by atoms with E-state index in [4.69, 9.17) is 14.7 Å². The third kappa shape index (κ3) is 4.83. The maximum atomic E-state index is 12.7. The monoisotopic (exact) mass is 430 g/mol. The van der Waals surface area contributed by atoms with Crippen molar-refractivity contribution in [2.24, 2.45) is 23.2 Å². The van der Waals surface area contributed by atoms with Gasteiger partial charge in [-0.2, -0.15) is 15.2 Å². The Balaban J connectivity index is 1.35. The summed E-state index contributed by atoms with van der Waals surface area (Å²) in [6.45, 7) is 3.74. The summed E-state index contributed by atoms with van der Waals surface area (Å²) in [7, 11) is 0. The number of nitrogens with one attached hydrogen (secondary N) is 1. The molecule has 1 N–H and O–H groups in total. The van der Waals surface area contributed by atoms with Crippen LogP contribution in [0.25, 0.3) is 0 Å². The van der Waals surface area contributed by atoms with E-state index in [1.165, 1.54) is 31.0 Å². The first-order valence-corrected chi connectivity index (χ1v) is 11.9. The van der Waals surface area contributed by atoms with Crippen LogP contribution in [0.2, 0.25) is 0 Å². The highest BCUT2D eigenvalue weighted by Crippen LogP contribution is 2.55. The summed E-state index contributed by atoms with van der Waals surface area (Å²) in [6.07, 6.45) is 9.23. The van der Waals surface area contributed by atoms with E-state index >= 15 is 0 Å². The Morgan fingerprint density at radius 3 is 2.30 bits per heavy atom. The maximum Gasteiger partial charge on any atom is 0.258 e. The van der Waals surface area contributed by atoms with Crippen LogP contribution in [0, 0.1) is 34.5 Å². The Labute approximate surface area is 182 Å². The van der Waals surface area contributed by atoms with E-state index in [1.54, 1.807) is 19.9 Å². The molecule has 4 aliphatic rings. The van der Waals surface area contributed by atoms with Gasteiger partial charge >= 0.3 is 0 Å². The molecule has 0 aromatic carbocycles. The first-order chi connectivity index (χ1) is 14.3. The summed E-state index contributed by atoms with van der Waals surface area (Å²) in [4.78, 5) is 21.3. The van der Waals surface area contributed by atoms with E-state index in [1.807, 2.05) is 6.26 Å².